The van der Waals surface area contributed by atoms with E-state index in [4.69, 9.17) is 25.8 Å². The van der Waals surface area contributed by atoms with Crippen LogP contribution in [0.3, 0.4) is 0 Å². The minimum atomic E-state index is -0.283. The number of nitrogens with one attached hydrogen (secondary N) is 1. The van der Waals surface area contributed by atoms with Crippen molar-refractivity contribution in [1.82, 2.24) is 0 Å². The average Bonchev–Trinajstić information content (AvgIpc) is 2.58. The van der Waals surface area contributed by atoms with E-state index in [1.54, 1.807) is 12.1 Å². The van der Waals surface area contributed by atoms with Crippen LogP contribution in [0.4, 0.5) is 5.69 Å². The summed E-state index contributed by atoms with van der Waals surface area (Å²) in [5.41, 5.74) is 1.99. The van der Waals surface area contributed by atoms with Gasteiger partial charge in [-0.2, -0.15) is 0 Å². The SMILES string of the molecule is CCOc1c(Cl)cc(C(=O)Nc2ccc(OC(C)C)cc2C)cc1OC. The zero-order valence-corrected chi connectivity index (χ0v) is 16.4. The van der Waals surface area contributed by atoms with Gasteiger partial charge in [0.2, 0.25) is 0 Å². The zero-order valence-electron chi connectivity index (χ0n) is 15.7. The van der Waals surface area contributed by atoms with E-state index in [0.717, 1.165) is 11.3 Å². The van der Waals surface area contributed by atoms with Gasteiger partial charge in [0, 0.05) is 11.3 Å². The summed E-state index contributed by atoms with van der Waals surface area (Å²) in [5, 5.41) is 3.22. The van der Waals surface area contributed by atoms with E-state index in [1.807, 2.05) is 45.9 Å². The molecule has 0 unspecified atom stereocenters. The number of carbonyl (C=O) groups excluding carboxylic acids is 1. The predicted octanol–water partition coefficient (Wildman–Crippen LogP) is 5.10. The van der Waals surface area contributed by atoms with Crippen LogP contribution in [0.15, 0.2) is 30.3 Å². The first kappa shape index (κ1) is 19.9. The lowest BCUT2D eigenvalue weighted by Crippen LogP contribution is -2.13. The van der Waals surface area contributed by atoms with Gasteiger partial charge < -0.3 is 19.5 Å². The van der Waals surface area contributed by atoms with Gasteiger partial charge in [-0.05, 0) is 63.6 Å². The van der Waals surface area contributed by atoms with Crippen molar-refractivity contribution in [3.05, 3.63) is 46.5 Å². The van der Waals surface area contributed by atoms with Crippen molar-refractivity contribution in [2.24, 2.45) is 0 Å². The molecule has 0 radical (unpaired) electrons. The summed E-state index contributed by atoms with van der Waals surface area (Å²) in [6.07, 6.45) is 0.0910. The number of hydrogen-bond acceptors (Lipinski definition) is 4. The fourth-order valence-corrected chi connectivity index (χ4v) is 2.72. The van der Waals surface area contributed by atoms with Crippen LogP contribution in [0.2, 0.25) is 5.02 Å². The highest BCUT2D eigenvalue weighted by Gasteiger charge is 2.16. The van der Waals surface area contributed by atoms with E-state index in [1.165, 1.54) is 7.11 Å². The van der Waals surface area contributed by atoms with Crippen LogP contribution in [0.1, 0.15) is 36.7 Å². The molecule has 0 aliphatic rings. The average molecular weight is 378 g/mol. The maximum atomic E-state index is 12.6. The summed E-state index contributed by atoms with van der Waals surface area (Å²) in [7, 11) is 1.51. The molecule has 140 valence electrons. The smallest absolute Gasteiger partial charge is 0.255 e. The van der Waals surface area contributed by atoms with Crippen LogP contribution in [0.25, 0.3) is 0 Å². The molecule has 26 heavy (non-hydrogen) atoms. The summed E-state index contributed by atoms with van der Waals surface area (Å²) in [4.78, 5) is 12.6. The van der Waals surface area contributed by atoms with Gasteiger partial charge in [0.05, 0.1) is 24.8 Å². The van der Waals surface area contributed by atoms with Gasteiger partial charge in [-0.1, -0.05) is 11.6 Å². The Morgan fingerprint density at radius 1 is 1.23 bits per heavy atom. The van der Waals surface area contributed by atoms with E-state index in [2.05, 4.69) is 5.32 Å². The molecule has 2 rings (SSSR count). The number of hydrogen-bond donors (Lipinski definition) is 1. The molecule has 0 aliphatic carbocycles. The molecule has 0 fully saturated rings. The molecule has 0 atom stereocenters. The Balaban J connectivity index is 2.23. The topological polar surface area (TPSA) is 56.8 Å². The summed E-state index contributed by atoms with van der Waals surface area (Å²) in [6.45, 7) is 8.15. The largest absolute Gasteiger partial charge is 0.493 e. The summed E-state index contributed by atoms with van der Waals surface area (Å²) in [5.74, 6) is 1.33. The Bertz CT molecular complexity index is 790. The molecule has 0 aromatic heterocycles. The fraction of sp³-hybridized carbons (Fsp3) is 0.350. The molecule has 1 N–H and O–H groups in total. The van der Waals surface area contributed by atoms with Crippen LogP contribution in [-0.2, 0) is 0 Å². The number of methoxy groups -OCH3 is 1. The maximum Gasteiger partial charge on any atom is 0.255 e. The number of benzene rings is 2. The van der Waals surface area contributed by atoms with Crippen molar-refractivity contribution in [2.45, 2.75) is 33.8 Å². The molecule has 6 heteroatoms. The normalized spacial score (nSPS) is 10.6. The molecule has 0 bridgehead atoms. The fourth-order valence-electron chi connectivity index (χ4n) is 2.45. The summed E-state index contributed by atoms with van der Waals surface area (Å²) >= 11 is 6.24. The molecule has 2 aromatic rings. The number of anilines is 1. The Hall–Kier alpha value is -2.40. The van der Waals surface area contributed by atoms with Crippen LogP contribution in [0.5, 0.6) is 17.2 Å². The van der Waals surface area contributed by atoms with Crippen molar-refractivity contribution >= 4 is 23.2 Å². The Labute approximate surface area is 159 Å². The highest BCUT2D eigenvalue weighted by molar-refractivity contribution is 6.32. The van der Waals surface area contributed by atoms with Crippen LogP contribution in [-0.4, -0.2) is 25.7 Å². The van der Waals surface area contributed by atoms with Gasteiger partial charge in [-0.15, -0.1) is 0 Å². The van der Waals surface area contributed by atoms with Crippen molar-refractivity contribution in [1.29, 1.82) is 0 Å². The van der Waals surface area contributed by atoms with Crippen molar-refractivity contribution in [3.8, 4) is 17.2 Å². The lowest BCUT2D eigenvalue weighted by atomic mass is 10.1. The van der Waals surface area contributed by atoms with Crippen molar-refractivity contribution in [3.63, 3.8) is 0 Å². The van der Waals surface area contributed by atoms with E-state index < -0.39 is 0 Å². The monoisotopic (exact) mass is 377 g/mol. The molecule has 0 spiro atoms. The minimum absolute atomic E-state index is 0.0910. The third-order valence-electron chi connectivity index (χ3n) is 3.60. The van der Waals surface area contributed by atoms with E-state index in [9.17, 15) is 4.79 Å². The molecule has 0 saturated heterocycles. The van der Waals surface area contributed by atoms with Gasteiger partial charge in [-0.3, -0.25) is 4.79 Å². The van der Waals surface area contributed by atoms with Gasteiger partial charge in [0.25, 0.3) is 5.91 Å². The van der Waals surface area contributed by atoms with Gasteiger partial charge in [0.15, 0.2) is 11.5 Å². The number of rotatable bonds is 7. The highest BCUT2D eigenvalue weighted by atomic mass is 35.5. The molecule has 5 nitrogen and oxygen atoms in total. The van der Waals surface area contributed by atoms with Gasteiger partial charge in [0.1, 0.15) is 5.75 Å². The Kier molecular flexibility index (Phi) is 6.75. The molecule has 1 amide bonds. The second-order valence-electron chi connectivity index (χ2n) is 6.02. The second kappa shape index (κ2) is 8.81. The number of ether oxygens (including phenoxy) is 3. The van der Waals surface area contributed by atoms with E-state index in [0.29, 0.717) is 34.4 Å². The predicted molar refractivity (Wildman–Crippen MR) is 104 cm³/mol. The molecule has 0 heterocycles. The van der Waals surface area contributed by atoms with Crippen LogP contribution in [0, 0.1) is 6.92 Å². The second-order valence-corrected chi connectivity index (χ2v) is 6.43. The van der Waals surface area contributed by atoms with Gasteiger partial charge >= 0.3 is 0 Å². The maximum absolute atomic E-state index is 12.6. The zero-order chi connectivity index (χ0) is 19.3. The molecule has 2 aromatic carbocycles. The Morgan fingerprint density at radius 2 is 1.96 bits per heavy atom. The van der Waals surface area contributed by atoms with Gasteiger partial charge in [-0.25, -0.2) is 0 Å². The van der Waals surface area contributed by atoms with E-state index in [-0.39, 0.29) is 12.0 Å². The number of halogens is 1. The first-order chi connectivity index (χ1) is 12.3. The standard InChI is InChI=1S/C20H24ClNO4/c1-6-25-19-16(21)10-14(11-18(19)24-5)20(23)22-17-8-7-15(9-13(17)4)26-12(2)3/h7-12H,6H2,1-5H3,(H,22,23). The molecule has 0 saturated carbocycles. The molecule has 0 aliphatic heterocycles. The van der Waals surface area contributed by atoms with Crippen molar-refractivity contribution in [2.75, 3.05) is 19.0 Å². The number of carbonyl (C=O) groups is 1. The number of aryl methyl sites for hydroxylation is 1. The van der Waals surface area contributed by atoms with E-state index >= 15 is 0 Å². The van der Waals surface area contributed by atoms with Crippen molar-refractivity contribution < 1.29 is 19.0 Å². The molecular formula is C20H24ClNO4. The minimum Gasteiger partial charge on any atom is -0.493 e. The first-order valence-electron chi connectivity index (χ1n) is 8.44. The lowest BCUT2D eigenvalue weighted by molar-refractivity contribution is 0.102. The number of amides is 1. The quantitative estimate of drug-likeness (QED) is 0.729. The summed E-state index contributed by atoms with van der Waals surface area (Å²) in [6, 6.07) is 8.71. The first-order valence-corrected chi connectivity index (χ1v) is 8.82. The summed E-state index contributed by atoms with van der Waals surface area (Å²) < 4.78 is 16.4. The van der Waals surface area contributed by atoms with Crippen LogP contribution >= 0.6 is 11.6 Å². The Morgan fingerprint density at radius 3 is 2.54 bits per heavy atom. The van der Waals surface area contributed by atoms with Crippen LogP contribution < -0.4 is 19.5 Å². The highest BCUT2D eigenvalue weighted by Crippen LogP contribution is 2.36. The third kappa shape index (κ3) is 4.82. The lowest BCUT2D eigenvalue weighted by Gasteiger charge is -2.15. The molecular weight excluding hydrogens is 354 g/mol. The third-order valence-corrected chi connectivity index (χ3v) is 3.88.